The minimum Gasteiger partial charge on any atom is -0.507 e. The molecule has 2 amide bonds. The van der Waals surface area contributed by atoms with Crippen molar-refractivity contribution < 1.29 is 19.4 Å². The lowest BCUT2D eigenvalue weighted by molar-refractivity contribution is -0.125. The van der Waals surface area contributed by atoms with Gasteiger partial charge in [0.25, 0.3) is 5.91 Å². The number of amides is 2. The van der Waals surface area contributed by atoms with Gasteiger partial charge in [-0.1, -0.05) is 13.8 Å². The number of carbonyl (C=O) groups is 2. The third-order valence-corrected chi connectivity index (χ3v) is 4.01. The van der Waals surface area contributed by atoms with Gasteiger partial charge in [-0.25, -0.2) is 0 Å². The lowest BCUT2D eigenvalue weighted by atomic mass is 10.0. The van der Waals surface area contributed by atoms with Gasteiger partial charge >= 0.3 is 0 Å². The molecule has 0 aromatic heterocycles. The maximum atomic E-state index is 12.6. The molecule has 1 aliphatic rings. The van der Waals surface area contributed by atoms with Crippen LogP contribution in [0.25, 0.3) is 0 Å². The number of nitrogens with zero attached hydrogens (tertiary/aromatic N) is 1. The van der Waals surface area contributed by atoms with Crippen molar-refractivity contribution in [2.24, 2.45) is 5.92 Å². The number of phenols is 1. The molecule has 0 bridgehead atoms. The van der Waals surface area contributed by atoms with Gasteiger partial charge in [-0.3, -0.25) is 9.59 Å². The summed E-state index contributed by atoms with van der Waals surface area (Å²) in [6, 6.07) is 4.60. The van der Waals surface area contributed by atoms with Crippen LogP contribution in [0.4, 0.5) is 0 Å². The van der Waals surface area contributed by atoms with Crippen LogP contribution >= 0.6 is 0 Å². The van der Waals surface area contributed by atoms with Crippen molar-refractivity contribution in [3.63, 3.8) is 0 Å². The summed E-state index contributed by atoms with van der Waals surface area (Å²) in [7, 11) is 1.50. The number of ether oxygens (including phenoxy) is 1. The molecule has 1 aromatic rings. The highest BCUT2D eigenvalue weighted by molar-refractivity contribution is 5.97. The summed E-state index contributed by atoms with van der Waals surface area (Å²) in [6.45, 7) is 4.77. The summed E-state index contributed by atoms with van der Waals surface area (Å²) in [5.41, 5.74) is 0.252. The van der Waals surface area contributed by atoms with Crippen molar-refractivity contribution in [1.82, 2.24) is 10.2 Å². The van der Waals surface area contributed by atoms with Crippen LogP contribution < -0.4 is 10.1 Å². The summed E-state index contributed by atoms with van der Waals surface area (Å²) in [4.78, 5) is 26.1. The Balaban J connectivity index is 2.06. The van der Waals surface area contributed by atoms with E-state index in [1.807, 2.05) is 13.8 Å². The molecule has 1 atom stereocenters. The van der Waals surface area contributed by atoms with E-state index in [4.69, 9.17) is 4.74 Å². The van der Waals surface area contributed by atoms with Crippen molar-refractivity contribution >= 4 is 11.8 Å². The Morgan fingerprint density at radius 3 is 2.74 bits per heavy atom. The maximum Gasteiger partial charge on any atom is 0.257 e. The first-order valence-electron chi connectivity index (χ1n) is 7.89. The van der Waals surface area contributed by atoms with Gasteiger partial charge in [0, 0.05) is 31.1 Å². The van der Waals surface area contributed by atoms with Crippen molar-refractivity contribution in [2.45, 2.75) is 32.7 Å². The van der Waals surface area contributed by atoms with E-state index < -0.39 is 0 Å². The van der Waals surface area contributed by atoms with Gasteiger partial charge in [0.05, 0.1) is 12.7 Å². The summed E-state index contributed by atoms with van der Waals surface area (Å²) in [5.74, 6) is 0.0967. The van der Waals surface area contributed by atoms with Gasteiger partial charge in [-0.15, -0.1) is 0 Å². The average molecular weight is 320 g/mol. The number of piperidine rings is 1. The minimum atomic E-state index is -0.228. The van der Waals surface area contributed by atoms with Gasteiger partial charge in [-0.05, 0) is 25.0 Å². The van der Waals surface area contributed by atoms with Gasteiger partial charge < -0.3 is 20.1 Å². The summed E-state index contributed by atoms with van der Waals surface area (Å²) in [5, 5.41) is 13.0. The zero-order valence-electron chi connectivity index (χ0n) is 13.8. The molecule has 1 fully saturated rings. The van der Waals surface area contributed by atoms with E-state index in [-0.39, 0.29) is 35.1 Å². The van der Waals surface area contributed by atoms with Gasteiger partial charge in [-0.2, -0.15) is 0 Å². The Kier molecular flexibility index (Phi) is 5.47. The highest BCUT2D eigenvalue weighted by Gasteiger charge is 2.27. The monoisotopic (exact) mass is 320 g/mol. The average Bonchev–Trinajstić information content (AvgIpc) is 2.54. The Bertz CT molecular complexity index is 586. The number of benzene rings is 1. The van der Waals surface area contributed by atoms with Crippen molar-refractivity contribution in [3.05, 3.63) is 23.8 Å². The number of likely N-dealkylation sites (tertiary alicyclic amines) is 1. The van der Waals surface area contributed by atoms with E-state index in [0.29, 0.717) is 18.8 Å². The molecule has 1 aromatic carbocycles. The number of methoxy groups -OCH3 is 1. The van der Waals surface area contributed by atoms with Crippen LogP contribution in [0.2, 0.25) is 0 Å². The largest absolute Gasteiger partial charge is 0.507 e. The van der Waals surface area contributed by atoms with Crippen LogP contribution in [0.1, 0.15) is 37.0 Å². The molecule has 0 saturated carbocycles. The molecule has 23 heavy (non-hydrogen) atoms. The van der Waals surface area contributed by atoms with E-state index in [1.165, 1.54) is 13.2 Å². The summed E-state index contributed by atoms with van der Waals surface area (Å²) >= 11 is 0. The molecule has 2 rings (SSSR count). The number of hydrogen-bond donors (Lipinski definition) is 2. The van der Waals surface area contributed by atoms with E-state index in [2.05, 4.69) is 5.32 Å². The molecule has 126 valence electrons. The maximum absolute atomic E-state index is 12.6. The van der Waals surface area contributed by atoms with Crippen LogP contribution in [0.5, 0.6) is 11.5 Å². The molecule has 6 nitrogen and oxygen atoms in total. The lowest BCUT2D eigenvalue weighted by Gasteiger charge is -2.33. The van der Waals surface area contributed by atoms with Gasteiger partial charge in [0.1, 0.15) is 11.5 Å². The molecule has 6 heteroatoms. The lowest BCUT2D eigenvalue weighted by Crippen LogP contribution is -2.50. The molecule has 0 aliphatic carbocycles. The fraction of sp³-hybridized carbons (Fsp3) is 0.529. The van der Waals surface area contributed by atoms with Crippen LogP contribution in [-0.2, 0) is 4.79 Å². The van der Waals surface area contributed by atoms with Crippen LogP contribution in [0.3, 0.4) is 0 Å². The van der Waals surface area contributed by atoms with Gasteiger partial charge in [0.15, 0.2) is 0 Å². The number of hydrogen-bond acceptors (Lipinski definition) is 4. The molecular weight excluding hydrogens is 296 g/mol. The molecule has 1 unspecified atom stereocenters. The SMILES string of the molecule is COc1ccc(C(=O)N2CCCC(NC(=O)C(C)C)C2)c(O)c1. The Morgan fingerprint density at radius 2 is 2.13 bits per heavy atom. The fourth-order valence-corrected chi connectivity index (χ4v) is 2.64. The van der Waals surface area contributed by atoms with E-state index in [0.717, 1.165) is 12.8 Å². The second-order valence-electron chi connectivity index (χ2n) is 6.14. The highest BCUT2D eigenvalue weighted by Crippen LogP contribution is 2.25. The third kappa shape index (κ3) is 4.15. The van der Waals surface area contributed by atoms with E-state index >= 15 is 0 Å². The topological polar surface area (TPSA) is 78.9 Å². The zero-order valence-corrected chi connectivity index (χ0v) is 13.8. The van der Waals surface area contributed by atoms with E-state index in [1.54, 1.807) is 17.0 Å². The standard InChI is InChI=1S/C17H24N2O4/c1-11(2)16(21)18-12-5-4-8-19(10-12)17(22)14-7-6-13(23-3)9-15(14)20/h6-7,9,11-12,20H,4-5,8,10H2,1-3H3,(H,18,21). The van der Waals surface area contributed by atoms with Crippen LogP contribution in [0, 0.1) is 5.92 Å². The second-order valence-corrected chi connectivity index (χ2v) is 6.14. The number of nitrogens with one attached hydrogen (secondary N) is 1. The zero-order chi connectivity index (χ0) is 17.0. The summed E-state index contributed by atoms with van der Waals surface area (Å²) in [6.07, 6.45) is 1.68. The van der Waals surface area contributed by atoms with E-state index in [9.17, 15) is 14.7 Å². The molecule has 0 spiro atoms. The van der Waals surface area contributed by atoms with Crippen LogP contribution in [-0.4, -0.2) is 48.1 Å². The highest BCUT2D eigenvalue weighted by atomic mass is 16.5. The van der Waals surface area contributed by atoms with Crippen molar-refractivity contribution in [2.75, 3.05) is 20.2 Å². The first-order valence-corrected chi connectivity index (χ1v) is 7.89. The number of carbonyl (C=O) groups excluding carboxylic acids is 2. The molecule has 1 saturated heterocycles. The Morgan fingerprint density at radius 1 is 1.39 bits per heavy atom. The quantitative estimate of drug-likeness (QED) is 0.886. The first-order chi connectivity index (χ1) is 10.9. The Labute approximate surface area is 136 Å². The van der Waals surface area contributed by atoms with Crippen LogP contribution in [0.15, 0.2) is 18.2 Å². The smallest absolute Gasteiger partial charge is 0.257 e. The molecule has 0 radical (unpaired) electrons. The number of aromatic hydroxyl groups is 1. The van der Waals surface area contributed by atoms with Gasteiger partial charge in [0.2, 0.25) is 5.91 Å². The predicted octanol–water partition coefficient (Wildman–Crippen LogP) is 1.78. The molecule has 2 N–H and O–H groups in total. The fourth-order valence-electron chi connectivity index (χ4n) is 2.64. The van der Waals surface area contributed by atoms with Crippen molar-refractivity contribution in [3.8, 4) is 11.5 Å². The molecular formula is C17H24N2O4. The Hall–Kier alpha value is -2.24. The molecule has 1 aliphatic heterocycles. The summed E-state index contributed by atoms with van der Waals surface area (Å²) < 4.78 is 5.03. The molecule has 1 heterocycles. The number of phenolic OH excluding ortho intramolecular Hbond substituents is 1. The van der Waals surface area contributed by atoms with Crippen molar-refractivity contribution in [1.29, 1.82) is 0 Å². The predicted molar refractivity (Wildman–Crippen MR) is 86.6 cm³/mol. The normalized spacial score (nSPS) is 17.9. The third-order valence-electron chi connectivity index (χ3n) is 4.01. The first kappa shape index (κ1) is 17.1. The number of rotatable bonds is 4. The minimum absolute atomic E-state index is 0.00315. The second kappa shape index (κ2) is 7.35.